The summed E-state index contributed by atoms with van der Waals surface area (Å²) in [5.74, 6) is 1.62. The van der Waals surface area contributed by atoms with Crippen molar-refractivity contribution in [2.75, 3.05) is 34.4 Å². The van der Waals surface area contributed by atoms with Crippen LogP contribution in [0.25, 0.3) is 0 Å². The first-order valence-electron chi connectivity index (χ1n) is 10.9. The van der Waals surface area contributed by atoms with Crippen molar-refractivity contribution >= 4 is 11.8 Å². The SMILES string of the molecule is COc1cc(C(=O)N2CCC(CC(=O)NCc3ccccc3C)CC2)cc(OC)c1OC. The number of aryl methyl sites for hydroxylation is 1. The van der Waals surface area contributed by atoms with E-state index >= 15 is 0 Å². The molecular weight excluding hydrogens is 408 g/mol. The summed E-state index contributed by atoms with van der Waals surface area (Å²) in [6.45, 7) is 3.82. The van der Waals surface area contributed by atoms with E-state index in [0.29, 0.717) is 48.9 Å². The number of amides is 2. The van der Waals surface area contributed by atoms with E-state index in [1.807, 2.05) is 36.1 Å². The van der Waals surface area contributed by atoms with Gasteiger partial charge in [-0.1, -0.05) is 24.3 Å². The van der Waals surface area contributed by atoms with E-state index in [-0.39, 0.29) is 17.7 Å². The summed E-state index contributed by atoms with van der Waals surface area (Å²) in [7, 11) is 4.59. The minimum absolute atomic E-state index is 0.0580. The predicted molar refractivity (Wildman–Crippen MR) is 122 cm³/mol. The van der Waals surface area contributed by atoms with Crippen molar-refractivity contribution in [3.63, 3.8) is 0 Å². The first-order valence-corrected chi connectivity index (χ1v) is 10.9. The monoisotopic (exact) mass is 440 g/mol. The molecule has 1 fully saturated rings. The molecular formula is C25H32N2O5. The number of methoxy groups -OCH3 is 3. The lowest BCUT2D eigenvalue weighted by molar-refractivity contribution is -0.122. The van der Waals surface area contributed by atoms with Crippen LogP contribution in [-0.2, 0) is 11.3 Å². The van der Waals surface area contributed by atoms with Gasteiger partial charge in [-0.3, -0.25) is 9.59 Å². The van der Waals surface area contributed by atoms with Gasteiger partial charge in [0.25, 0.3) is 5.91 Å². The van der Waals surface area contributed by atoms with Crippen LogP contribution in [0, 0.1) is 12.8 Å². The molecule has 172 valence electrons. The Hall–Kier alpha value is -3.22. The third-order valence-corrected chi connectivity index (χ3v) is 6.02. The lowest BCUT2D eigenvalue weighted by atomic mass is 9.92. The van der Waals surface area contributed by atoms with E-state index in [2.05, 4.69) is 5.32 Å². The normalized spacial score (nSPS) is 14.1. The molecule has 3 rings (SSSR count). The first-order chi connectivity index (χ1) is 15.5. The molecule has 0 radical (unpaired) electrons. The van der Waals surface area contributed by atoms with E-state index in [1.54, 1.807) is 12.1 Å². The van der Waals surface area contributed by atoms with Gasteiger partial charge in [0.15, 0.2) is 11.5 Å². The molecule has 0 atom stereocenters. The zero-order chi connectivity index (χ0) is 23.1. The number of carbonyl (C=O) groups is 2. The fourth-order valence-corrected chi connectivity index (χ4v) is 4.06. The second kappa shape index (κ2) is 10.9. The Bertz CT molecular complexity index is 926. The summed E-state index contributed by atoms with van der Waals surface area (Å²) in [4.78, 5) is 27.3. The van der Waals surface area contributed by atoms with Crippen molar-refractivity contribution < 1.29 is 23.8 Å². The van der Waals surface area contributed by atoms with E-state index in [1.165, 1.54) is 26.9 Å². The van der Waals surface area contributed by atoms with Crippen molar-refractivity contribution in [1.29, 1.82) is 0 Å². The average molecular weight is 441 g/mol. The standard InChI is InChI=1S/C25H32N2O5/c1-17-7-5-6-8-19(17)16-26-23(28)13-18-9-11-27(12-10-18)25(29)20-14-21(30-2)24(32-4)22(15-20)31-3/h5-8,14-15,18H,9-13,16H2,1-4H3,(H,26,28). The molecule has 2 aromatic rings. The maximum absolute atomic E-state index is 13.1. The highest BCUT2D eigenvalue weighted by atomic mass is 16.5. The highest BCUT2D eigenvalue weighted by molar-refractivity contribution is 5.95. The maximum atomic E-state index is 13.1. The number of ether oxygens (including phenoxy) is 3. The number of likely N-dealkylation sites (tertiary alicyclic amines) is 1. The molecule has 1 N–H and O–H groups in total. The summed E-state index contributed by atoms with van der Waals surface area (Å²) in [5, 5.41) is 3.02. The van der Waals surface area contributed by atoms with Gasteiger partial charge in [0, 0.05) is 31.6 Å². The number of nitrogens with zero attached hydrogens (tertiary/aromatic N) is 1. The lowest BCUT2D eigenvalue weighted by Crippen LogP contribution is -2.39. The average Bonchev–Trinajstić information content (AvgIpc) is 2.82. The second-order valence-corrected chi connectivity index (χ2v) is 8.06. The van der Waals surface area contributed by atoms with Gasteiger partial charge >= 0.3 is 0 Å². The summed E-state index contributed by atoms with van der Waals surface area (Å²) in [6.07, 6.45) is 2.08. The quantitative estimate of drug-likeness (QED) is 0.679. The van der Waals surface area contributed by atoms with E-state index in [4.69, 9.17) is 14.2 Å². The second-order valence-electron chi connectivity index (χ2n) is 8.06. The fourth-order valence-electron chi connectivity index (χ4n) is 4.06. The van der Waals surface area contributed by atoms with E-state index < -0.39 is 0 Å². The summed E-state index contributed by atoms with van der Waals surface area (Å²) in [5.41, 5.74) is 2.80. The van der Waals surface area contributed by atoms with Crippen molar-refractivity contribution in [3.8, 4) is 17.2 Å². The molecule has 1 saturated heterocycles. The number of carbonyl (C=O) groups excluding carboxylic acids is 2. The van der Waals surface area contributed by atoms with Gasteiger partial charge in [0.2, 0.25) is 11.7 Å². The molecule has 7 nitrogen and oxygen atoms in total. The number of nitrogens with one attached hydrogen (secondary N) is 1. The molecule has 32 heavy (non-hydrogen) atoms. The third-order valence-electron chi connectivity index (χ3n) is 6.02. The Balaban J connectivity index is 1.53. The molecule has 7 heteroatoms. The molecule has 0 bridgehead atoms. The number of piperidine rings is 1. The van der Waals surface area contributed by atoms with Crippen LogP contribution < -0.4 is 19.5 Å². The van der Waals surface area contributed by atoms with Crippen molar-refractivity contribution in [2.24, 2.45) is 5.92 Å². The molecule has 0 unspecified atom stereocenters. The van der Waals surface area contributed by atoms with Crippen LogP contribution in [0.2, 0.25) is 0 Å². The highest BCUT2D eigenvalue weighted by Crippen LogP contribution is 2.38. The van der Waals surface area contributed by atoms with Gasteiger partial charge in [-0.2, -0.15) is 0 Å². The first kappa shape index (κ1) is 23.4. The van der Waals surface area contributed by atoms with Crippen LogP contribution in [0.5, 0.6) is 17.2 Å². The van der Waals surface area contributed by atoms with Crippen LogP contribution in [-0.4, -0.2) is 51.1 Å². The molecule has 0 spiro atoms. The molecule has 2 amide bonds. The Kier molecular flexibility index (Phi) is 7.98. The van der Waals surface area contributed by atoms with Gasteiger partial charge in [-0.05, 0) is 48.9 Å². The van der Waals surface area contributed by atoms with Crippen LogP contribution in [0.15, 0.2) is 36.4 Å². The minimum Gasteiger partial charge on any atom is -0.493 e. The molecule has 1 aliphatic rings. The molecule has 1 heterocycles. The smallest absolute Gasteiger partial charge is 0.254 e. The number of hydrogen-bond acceptors (Lipinski definition) is 5. The molecule has 0 aliphatic carbocycles. The van der Waals surface area contributed by atoms with Gasteiger partial charge in [-0.15, -0.1) is 0 Å². The number of benzene rings is 2. The van der Waals surface area contributed by atoms with Crippen LogP contribution in [0.4, 0.5) is 0 Å². The largest absolute Gasteiger partial charge is 0.493 e. The van der Waals surface area contributed by atoms with Crippen molar-refractivity contribution in [1.82, 2.24) is 10.2 Å². The van der Waals surface area contributed by atoms with Gasteiger partial charge in [0.1, 0.15) is 0 Å². The molecule has 2 aromatic carbocycles. The van der Waals surface area contributed by atoms with Crippen LogP contribution in [0.1, 0.15) is 40.7 Å². The Morgan fingerprint density at radius 3 is 2.19 bits per heavy atom. The Morgan fingerprint density at radius 2 is 1.62 bits per heavy atom. The number of rotatable bonds is 8. The lowest BCUT2D eigenvalue weighted by Gasteiger charge is -2.32. The van der Waals surface area contributed by atoms with E-state index in [0.717, 1.165) is 18.4 Å². The van der Waals surface area contributed by atoms with E-state index in [9.17, 15) is 9.59 Å². The Labute approximate surface area is 189 Å². The number of hydrogen-bond donors (Lipinski definition) is 1. The highest BCUT2D eigenvalue weighted by Gasteiger charge is 2.26. The van der Waals surface area contributed by atoms with Gasteiger partial charge in [-0.25, -0.2) is 0 Å². The predicted octanol–water partition coefficient (Wildman–Crippen LogP) is 3.58. The van der Waals surface area contributed by atoms with Crippen molar-refractivity contribution in [3.05, 3.63) is 53.1 Å². The molecule has 0 saturated carbocycles. The Morgan fingerprint density at radius 1 is 1.00 bits per heavy atom. The molecule has 1 aliphatic heterocycles. The van der Waals surface area contributed by atoms with Crippen molar-refractivity contribution in [2.45, 2.75) is 32.7 Å². The van der Waals surface area contributed by atoms with Crippen LogP contribution in [0.3, 0.4) is 0 Å². The summed E-state index contributed by atoms with van der Waals surface area (Å²) < 4.78 is 16.1. The fraction of sp³-hybridized carbons (Fsp3) is 0.440. The van der Waals surface area contributed by atoms with Crippen LogP contribution >= 0.6 is 0 Å². The summed E-state index contributed by atoms with van der Waals surface area (Å²) >= 11 is 0. The zero-order valence-electron chi connectivity index (χ0n) is 19.3. The maximum Gasteiger partial charge on any atom is 0.254 e. The third kappa shape index (κ3) is 5.52. The van der Waals surface area contributed by atoms with Gasteiger partial charge in [0.05, 0.1) is 21.3 Å². The van der Waals surface area contributed by atoms with Gasteiger partial charge < -0.3 is 24.4 Å². The summed E-state index contributed by atoms with van der Waals surface area (Å²) in [6, 6.07) is 11.4. The minimum atomic E-state index is -0.0771. The molecule has 0 aromatic heterocycles. The zero-order valence-corrected chi connectivity index (χ0v) is 19.3. The topological polar surface area (TPSA) is 77.1 Å².